The minimum atomic E-state index is -0.585. The summed E-state index contributed by atoms with van der Waals surface area (Å²) in [5.41, 5.74) is 1.74. The lowest BCUT2D eigenvalue weighted by Gasteiger charge is -2.14. The third-order valence-corrected chi connectivity index (χ3v) is 3.19. The van der Waals surface area contributed by atoms with Gasteiger partial charge in [-0.2, -0.15) is 0 Å². The number of nitrogens with zero attached hydrogens (tertiary/aromatic N) is 1. The van der Waals surface area contributed by atoms with Crippen LogP contribution < -0.4 is 15.5 Å². The van der Waals surface area contributed by atoms with Crippen LogP contribution in [-0.2, 0) is 0 Å². The van der Waals surface area contributed by atoms with Crippen molar-refractivity contribution in [1.82, 2.24) is 5.32 Å². The highest BCUT2D eigenvalue weighted by molar-refractivity contribution is 7.80. The van der Waals surface area contributed by atoms with E-state index in [9.17, 15) is 9.18 Å². The molecule has 0 aliphatic rings. The minimum absolute atomic E-state index is 0.0467. The van der Waals surface area contributed by atoms with Crippen LogP contribution in [-0.4, -0.2) is 25.1 Å². The Bertz CT molecular complexity index is 686. The molecule has 2 rings (SSSR count). The van der Waals surface area contributed by atoms with Crippen LogP contribution in [0.4, 0.5) is 15.8 Å². The summed E-state index contributed by atoms with van der Waals surface area (Å²) in [4.78, 5) is 13.9. The predicted octanol–water partition coefficient (Wildman–Crippen LogP) is 3.02. The van der Waals surface area contributed by atoms with Gasteiger partial charge in [0.25, 0.3) is 5.91 Å². The highest BCUT2D eigenvalue weighted by atomic mass is 32.1. The van der Waals surface area contributed by atoms with Crippen molar-refractivity contribution in [3.63, 3.8) is 0 Å². The number of anilines is 2. The Labute approximate surface area is 133 Å². The average molecular weight is 317 g/mol. The maximum atomic E-state index is 13.5. The Kier molecular flexibility index (Phi) is 5.06. The van der Waals surface area contributed by atoms with Crippen molar-refractivity contribution in [3.8, 4) is 0 Å². The van der Waals surface area contributed by atoms with Crippen LogP contribution in [0.25, 0.3) is 0 Å². The van der Waals surface area contributed by atoms with Gasteiger partial charge in [-0.1, -0.05) is 12.1 Å². The first-order valence-corrected chi connectivity index (χ1v) is 7.02. The number of nitrogens with one attached hydrogen (secondary N) is 2. The zero-order valence-electron chi connectivity index (χ0n) is 12.3. The minimum Gasteiger partial charge on any atom is -0.378 e. The maximum Gasteiger partial charge on any atom is 0.260 e. The number of halogens is 1. The molecule has 2 aromatic carbocycles. The zero-order chi connectivity index (χ0) is 16.1. The predicted molar refractivity (Wildman–Crippen MR) is 90.9 cm³/mol. The van der Waals surface area contributed by atoms with Gasteiger partial charge >= 0.3 is 0 Å². The van der Waals surface area contributed by atoms with E-state index in [1.807, 2.05) is 43.3 Å². The van der Waals surface area contributed by atoms with E-state index in [4.69, 9.17) is 12.2 Å². The Morgan fingerprint density at radius 2 is 1.73 bits per heavy atom. The van der Waals surface area contributed by atoms with Gasteiger partial charge in [-0.3, -0.25) is 10.1 Å². The average Bonchev–Trinajstić information content (AvgIpc) is 2.48. The number of carbonyl (C=O) groups excluding carboxylic acids is 1. The van der Waals surface area contributed by atoms with Gasteiger partial charge < -0.3 is 10.2 Å². The summed E-state index contributed by atoms with van der Waals surface area (Å²) in [6.07, 6.45) is 0. The van der Waals surface area contributed by atoms with Gasteiger partial charge in [-0.05, 0) is 48.6 Å². The molecule has 4 nitrogen and oxygen atoms in total. The molecule has 2 N–H and O–H groups in total. The number of benzene rings is 2. The molecule has 0 atom stereocenters. The maximum absolute atomic E-state index is 13.5. The monoisotopic (exact) mass is 317 g/mol. The molecule has 0 heterocycles. The molecule has 0 fully saturated rings. The molecular formula is C16H16FN3OS. The van der Waals surface area contributed by atoms with Gasteiger partial charge in [-0.25, -0.2) is 4.39 Å². The van der Waals surface area contributed by atoms with Crippen molar-refractivity contribution in [3.05, 3.63) is 59.9 Å². The first-order valence-electron chi connectivity index (χ1n) is 6.61. The molecule has 0 aliphatic heterocycles. The number of amides is 1. The quantitative estimate of drug-likeness (QED) is 0.854. The van der Waals surface area contributed by atoms with Crippen LogP contribution in [0.3, 0.4) is 0 Å². The van der Waals surface area contributed by atoms with Crippen LogP contribution in [0.2, 0.25) is 0 Å². The van der Waals surface area contributed by atoms with Crippen LogP contribution in [0.5, 0.6) is 0 Å². The number of hydrogen-bond acceptors (Lipinski definition) is 3. The lowest BCUT2D eigenvalue weighted by molar-refractivity contribution is 0.0974. The smallest absolute Gasteiger partial charge is 0.260 e. The molecule has 0 unspecified atom stereocenters. The summed E-state index contributed by atoms with van der Waals surface area (Å²) < 4.78 is 13.5. The highest BCUT2D eigenvalue weighted by Gasteiger charge is 2.12. The van der Waals surface area contributed by atoms with Gasteiger partial charge in [0.05, 0.1) is 5.56 Å². The third-order valence-electron chi connectivity index (χ3n) is 2.99. The first-order chi connectivity index (χ1) is 10.5. The Morgan fingerprint density at radius 1 is 1.09 bits per heavy atom. The molecule has 0 saturated heterocycles. The number of carbonyl (C=O) groups is 1. The van der Waals surface area contributed by atoms with E-state index in [2.05, 4.69) is 10.6 Å². The number of rotatable bonds is 3. The van der Waals surface area contributed by atoms with E-state index in [-0.39, 0.29) is 10.7 Å². The molecule has 0 saturated carbocycles. The van der Waals surface area contributed by atoms with Gasteiger partial charge in [0.15, 0.2) is 5.11 Å². The normalized spacial score (nSPS) is 9.95. The molecule has 114 valence electrons. The van der Waals surface area contributed by atoms with E-state index in [0.717, 1.165) is 11.4 Å². The van der Waals surface area contributed by atoms with E-state index in [1.54, 1.807) is 6.07 Å². The molecule has 0 spiro atoms. The molecule has 0 bridgehead atoms. The molecule has 22 heavy (non-hydrogen) atoms. The second-order valence-electron chi connectivity index (χ2n) is 4.83. The summed E-state index contributed by atoms with van der Waals surface area (Å²) in [5, 5.41) is 5.46. The summed E-state index contributed by atoms with van der Waals surface area (Å²) in [5.74, 6) is -1.17. The lowest BCUT2D eigenvalue weighted by atomic mass is 10.2. The SMILES string of the molecule is CN(C)c1ccc(NC(=S)NC(=O)c2ccccc2F)cc1. The number of hydrogen-bond donors (Lipinski definition) is 2. The molecule has 0 radical (unpaired) electrons. The lowest BCUT2D eigenvalue weighted by Crippen LogP contribution is -2.34. The van der Waals surface area contributed by atoms with Crippen LogP contribution in [0.15, 0.2) is 48.5 Å². The summed E-state index contributed by atoms with van der Waals surface area (Å²) in [6, 6.07) is 13.3. The van der Waals surface area contributed by atoms with E-state index in [0.29, 0.717) is 0 Å². The summed E-state index contributed by atoms with van der Waals surface area (Å²) >= 11 is 5.06. The largest absolute Gasteiger partial charge is 0.378 e. The first kappa shape index (κ1) is 15.9. The van der Waals surface area contributed by atoms with Crippen molar-refractivity contribution in [2.45, 2.75) is 0 Å². The fourth-order valence-corrected chi connectivity index (χ4v) is 2.03. The molecule has 1 amide bonds. The van der Waals surface area contributed by atoms with Gasteiger partial charge in [0.2, 0.25) is 0 Å². The van der Waals surface area contributed by atoms with Crippen LogP contribution >= 0.6 is 12.2 Å². The van der Waals surface area contributed by atoms with Crippen LogP contribution in [0, 0.1) is 5.82 Å². The highest BCUT2D eigenvalue weighted by Crippen LogP contribution is 2.15. The van der Waals surface area contributed by atoms with Crippen LogP contribution in [0.1, 0.15) is 10.4 Å². The van der Waals surface area contributed by atoms with E-state index < -0.39 is 11.7 Å². The molecule has 0 aromatic heterocycles. The Morgan fingerprint density at radius 3 is 2.32 bits per heavy atom. The van der Waals surface area contributed by atoms with E-state index in [1.165, 1.54) is 18.2 Å². The molecule has 2 aromatic rings. The standard InChI is InChI=1S/C16H16FN3OS/c1-20(2)12-9-7-11(8-10-12)18-16(22)19-15(21)13-5-3-4-6-14(13)17/h3-10H,1-2H3,(H2,18,19,21,22). The van der Waals surface area contributed by atoms with Crippen molar-refractivity contribution in [2.75, 3.05) is 24.3 Å². The van der Waals surface area contributed by atoms with Crippen molar-refractivity contribution in [1.29, 1.82) is 0 Å². The fourth-order valence-electron chi connectivity index (χ4n) is 1.82. The number of thiocarbonyl (C=S) groups is 1. The Balaban J connectivity index is 1.98. The third kappa shape index (κ3) is 4.02. The molecule has 6 heteroatoms. The van der Waals surface area contributed by atoms with E-state index >= 15 is 0 Å². The van der Waals surface area contributed by atoms with Crippen molar-refractivity contribution >= 4 is 34.6 Å². The summed E-state index contributed by atoms with van der Waals surface area (Å²) in [6.45, 7) is 0. The summed E-state index contributed by atoms with van der Waals surface area (Å²) in [7, 11) is 3.89. The van der Waals surface area contributed by atoms with Crippen molar-refractivity contribution in [2.24, 2.45) is 0 Å². The Hall–Kier alpha value is -2.47. The van der Waals surface area contributed by atoms with Gasteiger partial charge in [0, 0.05) is 25.5 Å². The molecular weight excluding hydrogens is 301 g/mol. The topological polar surface area (TPSA) is 44.4 Å². The second-order valence-corrected chi connectivity index (χ2v) is 5.24. The second kappa shape index (κ2) is 7.00. The van der Waals surface area contributed by atoms with Gasteiger partial charge in [0.1, 0.15) is 5.82 Å². The molecule has 0 aliphatic carbocycles. The van der Waals surface area contributed by atoms with Gasteiger partial charge in [-0.15, -0.1) is 0 Å². The zero-order valence-corrected chi connectivity index (χ0v) is 13.1. The fraction of sp³-hybridized carbons (Fsp3) is 0.125. The van der Waals surface area contributed by atoms with Crippen molar-refractivity contribution < 1.29 is 9.18 Å².